The summed E-state index contributed by atoms with van der Waals surface area (Å²) in [7, 11) is 0. The maximum Gasteiger partial charge on any atom is 0.416 e. The minimum Gasteiger partial charge on any atom is -0.286 e. The van der Waals surface area contributed by atoms with Crippen molar-refractivity contribution in [3.05, 3.63) is 29.2 Å². The van der Waals surface area contributed by atoms with E-state index in [1.54, 1.807) is 6.92 Å². The molecule has 0 amide bonds. The highest BCUT2D eigenvalue weighted by Crippen LogP contribution is 2.32. The third-order valence-electron chi connectivity index (χ3n) is 2.22. The second-order valence-corrected chi connectivity index (χ2v) is 3.34. The van der Waals surface area contributed by atoms with Crippen LogP contribution < -0.4 is 0 Å². The molecule has 0 saturated carbocycles. The Morgan fingerprint density at radius 3 is 2.47 bits per heavy atom. The molecule has 15 heavy (non-hydrogen) atoms. The third kappa shape index (κ3) is 1.55. The molecule has 2 aromatic rings. The number of nitrogens with zero attached hydrogens (tertiary/aromatic N) is 3. The topological polar surface area (TPSA) is 30.2 Å². The van der Waals surface area contributed by atoms with Gasteiger partial charge >= 0.3 is 6.18 Å². The predicted molar refractivity (Wildman–Crippen MR) is 47.5 cm³/mol. The van der Waals surface area contributed by atoms with Crippen LogP contribution in [0.4, 0.5) is 13.2 Å². The molecule has 0 aliphatic heterocycles. The van der Waals surface area contributed by atoms with Crippen LogP contribution >= 0.6 is 0 Å². The molecule has 0 aliphatic carbocycles. The molecule has 0 fully saturated rings. The van der Waals surface area contributed by atoms with Gasteiger partial charge < -0.3 is 0 Å². The summed E-state index contributed by atoms with van der Waals surface area (Å²) in [5.74, 6) is 0.571. The largest absolute Gasteiger partial charge is 0.416 e. The number of rotatable bonds is 0. The monoisotopic (exact) mass is 215 g/mol. The van der Waals surface area contributed by atoms with Gasteiger partial charge in [-0.05, 0) is 25.5 Å². The quantitative estimate of drug-likeness (QED) is 0.675. The Morgan fingerprint density at radius 1 is 1.20 bits per heavy atom. The number of fused-ring (bicyclic) bond motifs is 1. The molecule has 0 aromatic carbocycles. The van der Waals surface area contributed by atoms with E-state index in [0.717, 1.165) is 6.07 Å². The van der Waals surface area contributed by atoms with Crippen LogP contribution in [0, 0.1) is 13.8 Å². The van der Waals surface area contributed by atoms with E-state index in [2.05, 4.69) is 10.2 Å². The SMILES string of the molecule is Cc1cn2c(C)nnc2cc1C(F)(F)F. The van der Waals surface area contributed by atoms with Crippen LogP contribution in [0.25, 0.3) is 5.65 Å². The Morgan fingerprint density at radius 2 is 1.87 bits per heavy atom. The lowest BCUT2D eigenvalue weighted by Gasteiger charge is -2.10. The summed E-state index contributed by atoms with van der Waals surface area (Å²) in [4.78, 5) is 0. The Bertz CT molecular complexity index is 513. The van der Waals surface area contributed by atoms with Crippen molar-refractivity contribution in [1.29, 1.82) is 0 Å². The third-order valence-corrected chi connectivity index (χ3v) is 2.22. The summed E-state index contributed by atoms with van der Waals surface area (Å²) < 4.78 is 39.1. The predicted octanol–water partition coefficient (Wildman–Crippen LogP) is 2.36. The molecule has 2 heterocycles. The van der Waals surface area contributed by atoms with Gasteiger partial charge in [-0.15, -0.1) is 10.2 Å². The van der Waals surface area contributed by atoms with Crippen LogP contribution in [0.1, 0.15) is 17.0 Å². The van der Waals surface area contributed by atoms with Crippen molar-refractivity contribution in [2.45, 2.75) is 20.0 Å². The molecule has 0 bridgehead atoms. The van der Waals surface area contributed by atoms with Crippen LogP contribution in [-0.2, 0) is 6.18 Å². The lowest BCUT2D eigenvalue weighted by Crippen LogP contribution is -2.08. The first kappa shape index (κ1) is 9.95. The van der Waals surface area contributed by atoms with Crippen molar-refractivity contribution in [2.24, 2.45) is 0 Å². The van der Waals surface area contributed by atoms with E-state index in [-0.39, 0.29) is 11.2 Å². The number of alkyl halides is 3. The van der Waals surface area contributed by atoms with Gasteiger partial charge in [-0.25, -0.2) is 0 Å². The molecular weight excluding hydrogens is 207 g/mol. The minimum absolute atomic E-state index is 0.165. The average molecular weight is 215 g/mol. The number of pyridine rings is 1. The van der Waals surface area contributed by atoms with Crippen LogP contribution in [0.3, 0.4) is 0 Å². The highest BCUT2D eigenvalue weighted by Gasteiger charge is 2.33. The molecule has 0 saturated heterocycles. The zero-order chi connectivity index (χ0) is 11.2. The van der Waals surface area contributed by atoms with E-state index in [1.165, 1.54) is 17.5 Å². The van der Waals surface area contributed by atoms with E-state index in [0.29, 0.717) is 5.82 Å². The van der Waals surface area contributed by atoms with Crippen molar-refractivity contribution in [1.82, 2.24) is 14.6 Å². The number of halogens is 3. The maximum absolute atomic E-state index is 12.5. The molecule has 6 heteroatoms. The summed E-state index contributed by atoms with van der Waals surface area (Å²) in [6.45, 7) is 3.11. The molecule has 80 valence electrons. The standard InChI is InChI=1S/C9H8F3N3/c1-5-4-15-6(2)13-14-8(15)3-7(5)9(10,11)12/h3-4H,1-2H3. The van der Waals surface area contributed by atoms with Crippen LogP contribution in [-0.4, -0.2) is 14.6 Å². The van der Waals surface area contributed by atoms with E-state index < -0.39 is 11.7 Å². The van der Waals surface area contributed by atoms with E-state index in [9.17, 15) is 13.2 Å². The first-order valence-electron chi connectivity index (χ1n) is 4.29. The van der Waals surface area contributed by atoms with Gasteiger partial charge in [-0.3, -0.25) is 4.40 Å². The first-order valence-corrected chi connectivity index (χ1v) is 4.29. The van der Waals surface area contributed by atoms with Gasteiger partial charge in [0.2, 0.25) is 0 Å². The van der Waals surface area contributed by atoms with Crippen LogP contribution in [0.15, 0.2) is 12.3 Å². The summed E-state index contributed by atoms with van der Waals surface area (Å²) in [5.41, 5.74) is -0.286. The second kappa shape index (κ2) is 2.95. The molecule has 0 spiro atoms. The smallest absolute Gasteiger partial charge is 0.286 e. The van der Waals surface area contributed by atoms with E-state index in [4.69, 9.17) is 0 Å². The van der Waals surface area contributed by atoms with E-state index in [1.807, 2.05) is 0 Å². The fraction of sp³-hybridized carbons (Fsp3) is 0.333. The first-order chi connectivity index (χ1) is 6.89. The summed E-state index contributed by atoms with van der Waals surface area (Å²) >= 11 is 0. The highest BCUT2D eigenvalue weighted by molar-refractivity contribution is 5.45. The van der Waals surface area contributed by atoms with Gasteiger partial charge in [-0.2, -0.15) is 13.2 Å². The number of hydrogen-bond acceptors (Lipinski definition) is 2. The second-order valence-electron chi connectivity index (χ2n) is 3.34. The molecule has 0 N–H and O–H groups in total. The lowest BCUT2D eigenvalue weighted by molar-refractivity contribution is -0.138. The Balaban J connectivity index is 2.74. The Hall–Kier alpha value is -1.59. The van der Waals surface area contributed by atoms with Gasteiger partial charge in [0.25, 0.3) is 0 Å². The fourth-order valence-electron chi connectivity index (χ4n) is 1.46. The van der Waals surface area contributed by atoms with Gasteiger partial charge in [0, 0.05) is 6.20 Å². The van der Waals surface area contributed by atoms with Crippen molar-refractivity contribution < 1.29 is 13.2 Å². The molecule has 3 nitrogen and oxygen atoms in total. The van der Waals surface area contributed by atoms with Crippen molar-refractivity contribution in [3.63, 3.8) is 0 Å². The van der Waals surface area contributed by atoms with Gasteiger partial charge in [0.1, 0.15) is 5.82 Å². The molecular formula is C9H8F3N3. The molecule has 0 atom stereocenters. The number of hydrogen-bond donors (Lipinski definition) is 0. The molecule has 0 radical (unpaired) electrons. The Kier molecular flexibility index (Phi) is 1.95. The highest BCUT2D eigenvalue weighted by atomic mass is 19.4. The van der Waals surface area contributed by atoms with Gasteiger partial charge in [-0.1, -0.05) is 0 Å². The summed E-state index contributed by atoms with van der Waals surface area (Å²) in [6, 6.07) is 1.01. The van der Waals surface area contributed by atoms with Gasteiger partial charge in [0.15, 0.2) is 5.65 Å². The Labute approximate surface area is 83.5 Å². The average Bonchev–Trinajstić information content (AvgIpc) is 2.45. The number of aryl methyl sites for hydroxylation is 2. The normalized spacial score (nSPS) is 12.3. The van der Waals surface area contributed by atoms with Crippen molar-refractivity contribution >= 4 is 5.65 Å². The van der Waals surface area contributed by atoms with Crippen molar-refractivity contribution in [2.75, 3.05) is 0 Å². The minimum atomic E-state index is -4.34. The zero-order valence-electron chi connectivity index (χ0n) is 8.13. The van der Waals surface area contributed by atoms with Gasteiger partial charge in [0.05, 0.1) is 5.56 Å². The maximum atomic E-state index is 12.5. The molecule has 2 rings (SSSR count). The lowest BCUT2D eigenvalue weighted by atomic mass is 10.1. The number of aromatic nitrogens is 3. The molecule has 2 aromatic heterocycles. The summed E-state index contributed by atoms with van der Waals surface area (Å²) in [5, 5.41) is 7.35. The molecule has 0 aliphatic rings. The fourth-order valence-corrected chi connectivity index (χ4v) is 1.46. The van der Waals surface area contributed by atoms with E-state index >= 15 is 0 Å². The summed E-state index contributed by atoms with van der Waals surface area (Å²) in [6.07, 6.45) is -2.95. The van der Waals surface area contributed by atoms with Crippen molar-refractivity contribution in [3.8, 4) is 0 Å². The molecule has 0 unspecified atom stereocenters. The zero-order valence-corrected chi connectivity index (χ0v) is 8.13. The van der Waals surface area contributed by atoms with Crippen LogP contribution in [0.2, 0.25) is 0 Å². The van der Waals surface area contributed by atoms with Crippen LogP contribution in [0.5, 0.6) is 0 Å².